The van der Waals surface area contributed by atoms with E-state index in [1.807, 2.05) is 0 Å². The zero-order chi connectivity index (χ0) is 9.84. The summed E-state index contributed by atoms with van der Waals surface area (Å²) in [4.78, 5) is 0. The summed E-state index contributed by atoms with van der Waals surface area (Å²) in [7, 11) is 0. The van der Waals surface area contributed by atoms with Gasteiger partial charge in [0.15, 0.2) is 0 Å². The van der Waals surface area contributed by atoms with E-state index in [4.69, 9.17) is 0 Å². The Kier molecular flexibility index (Phi) is 3.86. The normalized spacial score (nSPS) is 12.9. The quantitative estimate of drug-likeness (QED) is 0.700. The van der Waals surface area contributed by atoms with Crippen molar-refractivity contribution in [2.45, 2.75) is 27.2 Å². The van der Waals surface area contributed by atoms with E-state index in [-0.39, 0.29) is 0 Å². The Bertz CT molecular complexity index is 278. The van der Waals surface area contributed by atoms with Crippen LogP contribution in [0.1, 0.15) is 23.6 Å². The largest absolute Gasteiger partial charge is 0.179 e. The lowest BCUT2D eigenvalue weighted by molar-refractivity contribution is 0.657. The van der Waals surface area contributed by atoms with E-state index in [1.54, 1.807) is 0 Å². The molecule has 1 atom stereocenters. The van der Waals surface area contributed by atoms with E-state index in [9.17, 15) is 0 Å². The first-order valence-corrected chi connectivity index (χ1v) is 5.43. The van der Waals surface area contributed by atoms with E-state index in [0.29, 0.717) is 5.92 Å². The highest BCUT2D eigenvalue weighted by Crippen LogP contribution is 2.15. The number of thiol groups is 1. The van der Waals surface area contributed by atoms with Gasteiger partial charge in [0.25, 0.3) is 0 Å². The lowest BCUT2D eigenvalue weighted by Gasteiger charge is -2.11. The van der Waals surface area contributed by atoms with E-state index >= 15 is 0 Å². The average molecular weight is 194 g/mol. The highest BCUT2D eigenvalue weighted by Gasteiger charge is 2.04. The van der Waals surface area contributed by atoms with Crippen molar-refractivity contribution in [2.24, 2.45) is 5.92 Å². The molecule has 0 aliphatic heterocycles. The van der Waals surface area contributed by atoms with Crippen LogP contribution >= 0.6 is 12.6 Å². The maximum Gasteiger partial charge on any atom is -0.00690 e. The minimum Gasteiger partial charge on any atom is -0.179 e. The summed E-state index contributed by atoms with van der Waals surface area (Å²) >= 11 is 4.31. The molecule has 1 heteroatoms. The molecule has 72 valence electrons. The molecule has 1 unspecified atom stereocenters. The smallest absolute Gasteiger partial charge is 0.00690 e. The van der Waals surface area contributed by atoms with Gasteiger partial charge >= 0.3 is 0 Å². The molecule has 0 aliphatic carbocycles. The van der Waals surface area contributed by atoms with Gasteiger partial charge in [-0.05, 0) is 43.1 Å². The maximum absolute atomic E-state index is 4.31. The second kappa shape index (κ2) is 4.71. The lowest BCUT2D eigenvalue weighted by atomic mass is 9.97. The number of rotatable bonds is 3. The van der Waals surface area contributed by atoms with Crippen molar-refractivity contribution in [2.75, 3.05) is 5.75 Å². The van der Waals surface area contributed by atoms with Crippen LogP contribution in [0.5, 0.6) is 0 Å². The van der Waals surface area contributed by atoms with Crippen molar-refractivity contribution in [3.05, 3.63) is 34.9 Å². The third kappa shape index (κ3) is 3.07. The molecule has 1 aromatic carbocycles. The Balaban J connectivity index is 2.81. The van der Waals surface area contributed by atoms with Crippen molar-refractivity contribution in [1.82, 2.24) is 0 Å². The first-order chi connectivity index (χ1) is 6.13. The van der Waals surface area contributed by atoms with Gasteiger partial charge in [0, 0.05) is 0 Å². The van der Waals surface area contributed by atoms with Crippen molar-refractivity contribution < 1.29 is 0 Å². The Morgan fingerprint density at radius 3 is 2.62 bits per heavy atom. The van der Waals surface area contributed by atoms with Crippen LogP contribution in [-0.2, 0) is 6.42 Å². The van der Waals surface area contributed by atoms with E-state index in [2.05, 4.69) is 51.6 Å². The van der Waals surface area contributed by atoms with Gasteiger partial charge in [-0.2, -0.15) is 12.6 Å². The van der Waals surface area contributed by atoms with Crippen molar-refractivity contribution >= 4 is 12.6 Å². The predicted molar refractivity (Wildman–Crippen MR) is 62.6 cm³/mol. The van der Waals surface area contributed by atoms with Gasteiger partial charge in [-0.3, -0.25) is 0 Å². The second-order valence-corrected chi connectivity index (χ2v) is 4.29. The summed E-state index contributed by atoms with van der Waals surface area (Å²) < 4.78 is 0. The van der Waals surface area contributed by atoms with Gasteiger partial charge in [-0.1, -0.05) is 30.7 Å². The fourth-order valence-corrected chi connectivity index (χ4v) is 1.59. The van der Waals surface area contributed by atoms with Crippen LogP contribution in [0, 0.1) is 19.8 Å². The first-order valence-electron chi connectivity index (χ1n) is 4.80. The third-order valence-electron chi connectivity index (χ3n) is 2.38. The summed E-state index contributed by atoms with van der Waals surface area (Å²) in [5, 5.41) is 0. The molecule has 0 bridgehead atoms. The second-order valence-electron chi connectivity index (χ2n) is 3.92. The Morgan fingerprint density at radius 1 is 1.31 bits per heavy atom. The molecule has 0 aliphatic rings. The molecule has 0 N–H and O–H groups in total. The fourth-order valence-electron chi connectivity index (χ4n) is 1.46. The Hall–Kier alpha value is -0.430. The van der Waals surface area contributed by atoms with Gasteiger partial charge in [0.1, 0.15) is 0 Å². The van der Waals surface area contributed by atoms with E-state index in [1.165, 1.54) is 16.7 Å². The van der Waals surface area contributed by atoms with Gasteiger partial charge in [0.2, 0.25) is 0 Å². The summed E-state index contributed by atoms with van der Waals surface area (Å²) in [6, 6.07) is 6.66. The average Bonchev–Trinajstić information content (AvgIpc) is 2.11. The van der Waals surface area contributed by atoms with Crippen LogP contribution in [-0.4, -0.2) is 5.75 Å². The molecular weight excluding hydrogens is 176 g/mol. The van der Waals surface area contributed by atoms with E-state index in [0.717, 1.165) is 12.2 Å². The first kappa shape index (κ1) is 10.6. The summed E-state index contributed by atoms with van der Waals surface area (Å²) in [6.07, 6.45) is 1.15. The molecule has 13 heavy (non-hydrogen) atoms. The summed E-state index contributed by atoms with van der Waals surface area (Å²) in [5.41, 5.74) is 4.23. The minimum atomic E-state index is 0.670. The van der Waals surface area contributed by atoms with Crippen LogP contribution in [0.25, 0.3) is 0 Å². The predicted octanol–water partition coefficient (Wildman–Crippen LogP) is 3.41. The van der Waals surface area contributed by atoms with Gasteiger partial charge in [0.05, 0.1) is 0 Å². The number of benzene rings is 1. The summed E-state index contributed by atoms with van der Waals surface area (Å²) in [6.45, 7) is 6.57. The molecular formula is C12H18S. The maximum atomic E-state index is 4.31. The molecule has 1 aromatic rings. The molecule has 0 spiro atoms. The lowest BCUT2D eigenvalue weighted by Crippen LogP contribution is -2.02. The Morgan fingerprint density at radius 2 is 2.00 bits per heavy atom. The Labute approximate surface area is 86.8 Å². The zero-order valence-corrected chi connectivity index (χ0v) is 9.57. The van der Waals surface area contributed by atoms with Crippen LogP contribution in [0.4, 0.5) is 0 Å². The molecule has 1 rings (SSSR count). The third-order valence-corrected chi connectivity index (χ3v) is 3.01. The van der Waals surface area contributed by atoms with Crippen LogP contribution < -0.4 is 0 Å². The molecule has 0 aromatic heterocycles. The molecule has 0 fully saturated rings. The van der Waals surface area contributed by atoms with Gasteiger partial charge in [-0.15, -0.1) is 0 Å². The SMILES string of the molecule is Cc1ccc(C)c(CC(C)CS)c1. The number of hydrogen-bond donors (Lipinski definition) is 1. The number of aryl methyl sites for hydroxylation is 2. The zero-order valence-electron chi connectivity index (χ0n) is 8.67. The standard InChI is InChI=1S/C12H18S/c1-9-4-5-11(3)12(6-9)7-10(2)8-13/h4-6,10,13H,7-8H2,1-3H3. The van der Waals surface area contributed by atoms with Crippen LogP contribution in [0.3, 0.4) is 0 Å². The van der Waals surface area contributed by atoms with Crippen LogP contribution in [0.15, 0.2) is 18.2 Å². The monoisotopic (exact) mass is 194 g/mol. The highest BCUT2D eigenvalue weighted by molar-refractivity contribution is 7.80. The molecule has 0 saturated carbocycles. The molecule has 0 nitrogen and oxygen atoms in total. The molecule has 0 amide bonds. The van der Waals surface area contributed by atoms with Gasteiger partial charge in [-0.25, -0.2) is 0 Å². The fraction of sp³-hybridized carbons (Fsp3) is 0.500. The van der Waals surface area contributed by atoms with Crippen molar-refractivity contribution in [1.29, 1.82) is 0 Å². The van der Waals surface area contributed by atoms with Gasteiger partial charge < -0.3 is 0 Å². The van der Waals surface area contributed by atoms with Crippen molar-refractivity contribution in [3.63, 3.8) is 0 Å². The van der Waals surface area contributed by atoms with Crippen LogP contribution in [0.2, 0.25) is 0 Å². The number of hydrogen-bond acceptors (Lipinski definition) is 1. The topological polar surface area (TPSA) is 0 Å². The molecule has 0 radical (unpaired) electrons. The summed E-state index contributed by atoms with van der Waals surface area (Å²) in [5.74, 6) is 1.64. The highest BCUT2D eigenvalue weighted by atomic mass is 32.1. The van der Waals surface area contributed by atoms with E-state index < -0.39 is 0 Å². The molecule has 0 heterocycles. The molecule has 0 saturated heterocycles. The minimum absolute atomic E-state index is 0.670. The van der Waals surface area contributed by atoms with Crippen molar-refractivity contribution in [3.8, 4) is 0 Å².